The second-order valence-electron chi connectivity index (χ2n) is 6.02. The fraction of sp³-hybridized carbons (Fsp3) is 0.529. The van der Waals surface area contributed by atoms with Crippen molar-refractivity contribution in [2.45, 2.75) is 25.8 Å². The third-order valence-electron chi connectivity index (χ3n) is 4.18. The molecule has 1 amide bonds. The molecule has 0 aromatic heterocycles. The number of carbonyl (C=O) groups is 2. The van der Waals surface area contributed by atoms with Crippen LogP contribution in [0.25, 0.3) is 0 Å². The number of rotatable bonds is 6. The van der Waals surface area contributed by atoms with E-state index in [0.717, 1.165) is 25.9 Å². The van der Waals surface area contributed by atoms with Crippen molar-refractivity contribution < 1.29 is 9.59 Å². The van der Waals surface area contributed by atoms with Gasteiger partial charge in [-0.2, -0.15) is 0 Å². The van der Waals surface area contributed by atoms with Gasteiger partial charge in [0.05, 0.1) is 11.5 Å². The van der Waals surface area contributed by atoms with Gasteiger partial charge < -0.3 is 10.6 Å². The zero-order valence-corrected chi connectivity index (χ0v) is 16.1. The number of carbonyl (C=O) groups excluding carboxylic acids is 2. The molecule has 0 saturated carbocycles. The summed E-state index contributed by atoms with van der Waals surface area (Å²) in [6.07, 6.45) is 2.09. The molecular formula is C17H24Cl2N2O2S. The molecule has 1 fully saturated rings. The first kappa shape index (κ1) is 21.3. The van der Waals surface area contributed by atoms with Crippen LogP contribution >= 0.6 is 35.8 Å². The molecule has 134 valence electrons. The van der Waals surface area contributed by atoms with Gasteiger partial charge in [0, 0.05) is 29.7 Å². The van der Waals surface area contributed by atoms with Crippen molar-refractivity contribution in [3.63, 3.8) is 0 Å². The summed E-state index contributed by atoms with van der Waals surface area (Å²) >= 11 is 7.17. The Morgan fingerprint density at radius 1 is 1.33 bits per heavy atom. The summed E-state index contributed by atoms with van der Waals surface area (Å²) in [7, 11) is 0. The maximum absolute atomic E-state index is 12.3. The molecule has 1 aromatic rings. The van der Waals surface area contributed by atoms with Crippen molar-refractivity contribution in [3.8, 4) is 0 Å². The predicted molar refractivity (Wildman–Crippen MR) is 103 cm³/mol. The van der Waals surface area contributed by atoms with Crippen LogP contribution in [-0.4, -0.2) is 47.2 Å². The van der Waals surface area contributed by atoms with Gasteiger partial charge in [-0.15, -0.1) is 24.2 Å². The van der Waals surface area contributed by atoms with Crippen LogP contribution in [0.4, 0.5) is 0 Å². The predicted octanol–water partition coefficient (Wildman–Crippen LogP) is 3.26. The minimum absolute atomic E-state index is 0. The van der Waals surface area contributed by atoms with Crippen LogP contribution in [-0.2, 0) is 4.79 Å². The Labute approximate surface area is 158 Å². The highest BCUT2D eigenvalue weighted by Crippen LogP contribution is 2.20. The van der Waals surface area contributed by atoms with Gasteiger partial charge in [0.15, 0.2) is 5.78 Å². The van der Waals surface area contributed by atoms with Crippen LogP contribution in [0.3, 0.4) is 0 Å². The molecule has 0 aliphatic carbocycles. The first-order chi connectivity index (χ1) is 11.0. The normalized spacial score (nSPS) is 18.6. The summed E-state index contributed by atoms with van der Waals surface area (Å²) < 4.78 is 0. The van der Waals surface area contributed by atoms with Crippen LogP contribution < -0.4 is 5.73 Å². The first-order valence-corrected chi connectivity index (χ1v) is 9.40. The van der Waals surface area contributed by atoms with E-state index in [9.17, 15) is 9.59 Å². The maximum atomic E-state index is 12.3. The van der Waals surface area contributed by atoms with Crippen LogP contribution in [0, 0.1) is 5.92 Å². The molecule has 2 atom stereocenters. The monoisotopic (exact) mass is 390 g/mol. The minimum Gasteiger partial charge on any atom is -0.342 e. The smallest absolute Gasteiger partial charge is 0.232 e. The van der Waals surface area contributed by atoms with Gasteiger partial charge in [-0.05, 0) is 49.9 Å². The van der Waals surface area contributed by atoms with E-state index in [1.807, 2.05) is 11.8 Å². The molecule has 0 bridgehead atoms. The van der Waals surface area contributed by atoms with Crippen molar-refractivity contribution >= 4 is 47.5 Å². The number of ketones is 1. The van der Waals surface area contributed by atoms with E-state index in [1.54, 1.807) is 24.3 Å². The largest absolute Gasteiger partial charge is 0.342 e. The number of amides is 1. The molecule has 2 unspecified atom stereocenters. The molecule has 1 aliphatic heterocycles. The summed E-state index contributed by atoms with van der Waals surface area (Å²) in [5.41, 5.74) is 6.58. The SMILES string of the molecule is CC(N)C1CCCN(C(=O)CSCC(=O)c2ccc(Cl)cc2)C1.Cl. The van der Waals surface area contributed by atoms with E-state index in [4.69, 9.17) is 17.3 Å². The van der Waals surface area contributed by atoms with Gasteiger partial charge in [-0.1, -0.05) is 11.6 Å². The average Bonchev–Trinajstić information content (AvgIpc) is 2.55. The van der Waals surface area contributed by atoms with Gasteiger partial charge in [0.2, 0.25) is 5.91 Å². The number of piperidine rings is 1. The Balaban J connectivity index is 0.00000288. The number of thioether (sulfide) groups is 1. The van der Waals surface area contributed by atoms with Crippen molar-refractivity contribution in [1.29, 1.82) is 0 Å². The lowest BCUT2D eigenvalue weighted by atomic mass is 9.92. The molecule has 0 spiro atoms. The van der Waals surface area contributed by atoms with Crippen LogP contribution in [0.5, 0.6) is 0 Å². The summed E-state index contributed by atoms with van der Waals surface area (Å²) in [5, 5.41) is 0.609. The number of hydrogen-bond donors (Lipinski definition) is 1. The van der Waals surface area contributed by atoms with E-state index in [-0.39, 0.29) is 30.1 Å². The van der Waals surface area contributed by atoms with Gasteiger partial charge in [-0.3, -0.25) is 9.59 Å². The molecule has 0 radical (unpaired) electrons. The average molecular weight is 391 g/mol. The topological polar surface area (TPSA) is 63.4 Å². The lowest BCUT2D eigenvalue weighted by Gasteiger charge is -2.34. The lowest BCUT2D eigenvalue weighted by Crippen LogP contribution is -2.45. The standard InChI is InChI=1S/C17H23ClN2O2S.ClH/c1-12(19)14-3-2-8-20(9-14)17(22)11-23-10-16(21)13-4-6-15(18)7-5-13;/h4-7,12,14H,2-3,8-11,19H2,1H3;1H. The quantitative estimate of drug-likeness (QED) is 0.756. The number of nitrogens with zero attached hydrogens (tertiary/aromatic N) is 1. The maximum Gasteiger partial charge on any atom is 0.232 e. The van der Waals surface area contributed by atoms with E-state index < -0.39 is 0 Å². The third-order valence-corrected chi connectivity index (χ3v) is 5.35. The van der Waals surface area contributed by atoms with E-state index >= 15 is 0 Å². The zero-order chi connectivity index (χ0) is 16.8. The Kier molecular flexibility index (Phi) is 9.13. The van der Waals surface area contributed by atoms with Gasteiger partial charge in [-0.25, -0.2) is 0 Å². The number of likely N-dealkylation sites (tertiary alicyclic amines) is 1. The van der Waals surface area contributed by atoms with Gasteiger partial charge >= 0.3 is 0 Å². The highest BCUT2D eigenvalue weighted by molar-refractivity contribution is 8.00. The second-order valence-corrected chi connectivity index (χ2v) is 7.45. The van der Waals surface area contributed by atoms with Gasteiger partial charge in [0.1, 0.15) is 0 Å². The molecule has 1 aliphatic rings. The number of halogens is 2. The Morgan fingerprint density at radius 2 is 2.00 bits per heavy atom. The van der Waals surface area contributed by atoms with Crippen LogP contribution in [0.1, 0.15) is 30.1 Å². The second kappa shape index (κ2) is 10.3. The van der Waals surface area contributed by atoms with Crippen molar-refractivity contribution in [2.75, 3.05) is 24.6 Å². The van der Waals surface area contributed by atoms with Crippen molar-refractivity contribution in [1.82, 2.24) is 4.90 Å². The molecule has 24 heavy (non-hydrogen) atoms. The first-order valence-electron chi connectivity index (χ1n) is 7.87. The molecule has 7 heteroatoms. The molecular weight excluding hydrogens is 367 g/mol. The fourth-order valence-corrected chi connectivity index (χ4v) is 3.64. The summed E-state index contributed by atoms with van der Waals surface area (Å²) in [4.78, 5) is 26.2. The summed E-state index contributed by atoms with van der Waals surface area (Å²) in [6.45, 7) is 3.54. The van der Waals surface area contributed by atoms with Crippen molar-refractivity contribution in [3.05, 3.63) is 34.9 Å². The molecule has 1 aromatic carbocycles. The van der Waals surface area contributed by atoms with Gasteiger partial charge in [0.25, 0.3) is 0 Å². The highest BCUT2D eigenvalue weighted by atomic mass is 35.5. The van der Waals surface area contributed by atoms with E-state index in [1.165, 1.54) is 11.8 Å². The fourth-order valence-electron chi connectivity index (χ4n) is 2.71. The number of benzene rings is 1. The molecule has 1 saturated heterocycles. The number of hydrogen-bond acceptors (Lipinski definition) is 4. The number of nitrogens with two attached hydrogens (primary N) is 1. The molecule has 2 N–H and O–H groups in total. The molecule has 1 heterocycles. The Bertz CT molecular complexity index is 552. The lowest BCUT2D eigenvalue weighted by molar-refractivity contribution is -0.130. The molecule has 4 nitrogen and oxygen atoms in total. The Morgan fingerprint density at radius 3 is 2.62 bits per heavy atom. The van der Waals surface area contributed by atoms with E-state index in [2.05, 4.69) is 0 Å². The van der Waals surface area contributed by atoms with Crippen molar-refractivity contribution in [2.24, 2.45) is 11.7 Å². The highest BCUT2D eigenvalue weighted by Gasteiger charge is 2.25. The summed E-state index contributed by atoms with van der Waals surface area (Å²) in [6, 6.07) is 6.94. The zero-order valence-electron chi connectivity index (χ0n) is 13.7. The summed E-state index contributed by atoms with van der Waals surface area (Å²) in [5.74, 6) is 1.15. The third kappa shape index (κ3) is 6.28. The van der Waals surface area contributed by atoms with E-state index in [0.29, 0.717) is 28.0 Å². The minimum atomic E-state index is 0. The van der Waals surface area contributed by atoms with Crippen LogP contribution in [0.15, 0.2) is 24.3 Å². The van der Waals surface area contributed by atoms with Crippen LogP contribution in [0.2, 0.25) is 5.02 Å². The Hall–Kier alpha value is -0.750. The molecule has 2 rings (SSSR count). The number of Topliss-reactive ketones (excluding diaryl/α,β-unsaturated/α-hetero) is 1.